The third-order valence-corrected chi connectivity index (χ3v) is 6.31. The number of amides is 3. The highest BCUT2D eigenvalue weighted by Crippen LogP contribution is 2.30. The van der Waals surface area contributed by atoms with Crippen LogP contribution in [0.2, 0.25) is 0 Å². The smallest absolute Gasteiger partial charge is 0.261 e. The summed E-state index contributed by atoms with van der Waals surface area (Å²) in [7, 11) is 1.71. The molecule has 3 aromatic rings. The van der Waals surface area contributed by atoms with Crippen LogP contribution in [0.15, 0.2) is 55.1 Å². The average molecular weight is 405 g/mol. The van der Waals surface area contributed by atoms with Gasteiger partial charge in [0, 0.05) is 19.2 Å². The molecule has 1 aliphatic rings. The Kier molecular flexibility index (Phi) is 4.76. The van der Waals surface area contributed by atoms with Crippen LogP contribution >= 0.6 is 11.3 Å². The lowest BCUT2D eigenvalue weighted by Crippen LogP contribution is -2.30. The molecule has 29 heavy (non-hydrogen) atoms. The van der Waals surface area contributed by atoms with Crippen molar-refractivity contribution >= 4 is 39.3 Å². The third kappa shape index (κ3) is 3.13. The van der Waals surface area contributed by atoms with Crippen LogP contribution in [0.25, 0.3) is 10.2 Å². The molecule has 0 aliphatic carbocycles. The molecule has 0 radical (unpaired) electrons. The minimum Gasteiger partial charge on any atom is -0.333 e. The SMILES string of the molecule is C=CCN1C(=O)c2ccc(C(=O)N(C)[C@@H](C)c3nc4ccccc4s3)cc2C1=O. The van der Waals surface area contributed by atoms with Gasteiger partial charge in [0.25, 0.3) is 17.7 Å². The third-order valence-electron chi connectivity index (χ3n) is 5.10. The molecule has 146 valence electrons. The minimum atomic E-state index is -0.401. The lowest BCUT2D eigenvalue weighted by molar-refractivity contribution is 0.0671. The van der Waals surface area contributed by atoms with Crippen LogP contribution in [0.3, 0.4) is 0 Å². The molecule has 2 heterocycles. The molecule has 0 bridgehead atoms. The van der Waals surface area contributed by atoms with Gasteiger partial charge in [-0.3, -0.25) is 19.3 Å². The van der Waals surface area contributed by atoms with Crippen LogP contribution in [0.5, 0.6) is 0 Å². The van der Waals surface area contributed by atoms with Crippen molar-refractivity contribution in [3.63, 3.8) is 0 Å². The van der Waals surface area contributed by atoms with E-state index in [2.05, 4.69) is 11.6 Å². The standard InChI is InChI=1S/C22H19N3O3S/c1-4-11-25-21(27)15-10-9-14(12-16(15)22(25)28)20(26)24(3)13(2)19-23-17-7-5-6-8-18(17)29-19/h4-10,12-13H,1,11H2,2-3H3/t13-/m0/s1. The Bertz CT molecular complexity index is 1130. The van der Waals surface area contributed by atoms with E-state index in [0.717, 1.165) is 20.1 Å². The Morgan fingerprint density at radius 3 is 2.66 bits per heavy atom. The Morgan fingerprint density at radius 2 is 1.93 bits per heavy atom. The lowest BCUT2D eigenvalue weighted by atomic mass is 10.0. The first-order valence-electron chi connectivity index (χ1n) is 9.16. The Labute approximate surface area is 172 Å². The predicted molar refractivity (Wildman–Crippen MR) is 112 cm³/mol. The zero-order valence-corrected chi connectivity index (χ0v) is 16.9. The molecular weight excluding hydrogens is 386 g/mol. The molecule has 1 atom stereocenters. The maximum atomic E-state index is 13.0. The lowest BCUT2D eigenvalue weighted by Gasteiger charge is -2.23. The van der Waals surface area contributed by atoms with Crippen molar-refractivity contribution in [2.45, 2.75) is 13.0 Å². The second-order valence-corrected chi connectivity index (χ2v) is 7.94. The number of para-hydroxylation sites is 1. The van der Waals surface area contributed by atoms with E-state index in [4.69, 9.17) is 0 Å². The maximum Gasteiger partial charge on any atom is 0.261 e. The summed E-state index contributed by atoms with van der Waals surface area (Å²) in [5.74, 6) is -0.997. The molecule has 0 fully saturated rings. The van der Waals surface area contributed by atoms with Gasteiger partial charge in [0.15, 0.2) is 0 Å². The molecule has 7 heteroatoms. The molecule has 0 unspecified atom stereocenters. The molecule has 0 spiro atoms. The van der Waals surface area contributed by atoms with Crippen molar-refractivity contribution in [1.29, 1.82) is 0 Å². The number of rotatable bonds is 5. The van der Waals surface area contributed by atoms with E-state index < -0.39 is 5.91 Å². The van der Waals surface area contributed by atoms with Gasteiger partial charge < -0.3 is 4.90 Å². The van der Waals surface area contributed by atoms with Crippen molar-refractivity contribution in [2.24, 2.45) is 0 Å². The Balaban J connectivity index is 1.61. The van der Waals surface area contributed by atoms with Crippen molar-refractivity contribution in [1.82, 2.24) is 14.8 Å². The van der Waals surface area contributed by atoms with Gasteiger partial charge >= 0.3 is 0 Å². The fraction of sp³-hybridized carbons (Fsp3) is 0.182. The van der Waals surface area contributed by atoms with Crippen LogP contribution in [-0.4, -0.2) is 46.1 Å². The van der Waals surface area contributed by atoms with Gasteiger partial charge in [-0.05, 0) is 37.3 Å². The normalized spacial score (nSPS) is 14.2. The van der Waals surface area contributed by atoms with E-state index in [1.54, 1.807) is 35.4 Å². The van der Waals surface area contributed by atoms with Crippen LogP contribution in [-0.2, 0) is 0 Å². The molecule has 0 saturated carbocycles. The van der Waals surface area contributed by atoms with Crippen molar-refractivity contribution in [2.75, 3.05) is 13.6 Å². The zero-order valence-electron chi connectivity index (χ0n) is 16.1. The summed E-state index contributed by atoms with van der Waals surface area (Å²) in [5, 5.41) is 0.839. The summed E-state index contributed by atoms with van der Waals surface area (Å²) < 4.78 is 1.07. The van der Waals surface area contributed by atoms with Crippen molar-refractivity contribution < 1.29 is 14.4 Å². The monoisotopic (exact) mass is 405 g/mol. The Morgan fingerprint density at radius 1 is 1.21 bits per heavy atom. The number of benzene rings is 2. The summed E-state index contributed by atoms with van der Waals surface area (Å²) in [6, 6.07) is 12.2. The summed E-state index contributed by atoms with van der Waals surface area (Å²) in [6.45, 7) is 5.64. The molecule has 1 aliphatic heterocycles. The zero-order chi connectivity index (χ0) is 20.7. The first kappa shape index (κ1) is 19.0. The quantitative estimate of drug-likeness (QED) is 0.477. The number of imide groups is 1. The van der Waals surface area contributed by atoms with E-state index in [-0.39, 0.29) is 30.0 Å². The van der Waals surface area contributed by atoms with Gasteiger partial charge in [0.05, 0.1) is 27.4 Å². The largest absolute Gasteiger partial charge is 0.333 e. The van der Waals surface area contributed by atoms with E-state index >= 15 is 0 Å². The molecule has 4 rings (SSSR count). The van der Waals surface area contributed by atoms with E-state index in [1.165, 1.54) is 12.1 Å². The fourth-order valence-electron chi connectivity index (χ4n) is 3.33. The molecule has 3 amide bonds. The van der Waals surface area contributed by atoms with Crippen LogP contribution < -0.4 is 0 Å². The number of aromatic nitrogens is 1. The number of hydrogen-bond acceptors (Lipinski definition) is 5. The number of hydrogen-bond donors (Lipinski definition) is 0. The molecule has 6 nitrogen and oxygen atoms in total. The summed E-state index contributed by atoms with van der Waals surface area (Å²) in [6.07, 6.45) is 1.50. The highest BCUT2D eigenvalue weighted by molar-refractivity contribution is 7.18. The average Bonchev–Trinajstić information content (AvgIpc) is 3.27. The summed E-state index contributed by atoms with van der Waals surface area (Å²) >= 11 is 1.55. The second kappa shape index (κ2) is 7.25. The van der Waals surface area contributed by atoms with Gasteiger partial charge in [-0.15, -0.1) is 17.9 Å². The molecule has 2 aromatic carbocycles. The van der Waals surface area contributed by atoms with Gasteiger partial charge in [-0.1, -0.05) is 18.2 Å². The summed E-state index contributed by atoms with van der Waals surface area (Å²) in [4.78, 5) is 45.3. The number of carbonyl (C=O) groups excluding carboxylic acids is 3. The van der Waals surface area contributed by atoms with Crippen molar-refractivity contribution in [3.05, 3.63) is 76.8 Å². The number of fused-ring (bicyclic) bond motifs is 2. The highest BCUT2D eigenvalue weighted by Gasteiger charge is 2.35. The molecule has 0 saturated heterocycles. The van der Waals surface area contributed by atoms with E-state index in [1.807, 2.05) is 31.2 Å². The molecule has 1 aromatic heterocycles. The van der Waals surface area contributed by atoms with Gasteiger partial charge in [0.2, 0.25) is 0 Å². The van der Waals surface area contributed by atoms with Crippen LogP contribution in [0.4, 0.5) is 0 Å². The number of carbonyl (C=O) groups is 3. The van der Waals surface area contributed by atoms with E-state index in [0.29, 0.717) is 11.1 Å². The Hall–Kier alpha value is -3.32. The summed E-state index contributed by atoms with van der Waals surface area (Å²) in [5.41, 5.74) is 1.84. The van der Waals surface area contributed by atoms with Gasteiger partial charge in [-0.2, -0.15) is 0 Å². The molecule has 0 N–H and O–H groups in total. The topological polar surface area (TPSA) is 70.6 Å². The van der Waals surface area contributed by atoms with Crippen molar-refractivity contribution in [3.8, 4) is 0 Å². The predicted octanol–water partition coefficient (Wildman–Crippen LogP) is 3.91. The first-order chi connectivity index (χ1) is 13.9. The van der Waals surface area contributed by atoms with E-state index in [9.17, 15) is 14.4 Å². The maximum absolute atomic E-state index is 13.0. The van der Waals surface area contributed by atoms with Crippen LogP contribution in [0, 0.1) is 0 Å². The second-order valence-electron chi connectivity index (χ2n) is 6.88. The molecular formula is C22H19N3O3S. The van der Waals surface area contributed by atoms with Gasteiger partial charge in [-0.25, -0.2) is 4.98 Å². The minimum absolute atomic E-state index is 0.143. The van der Waals surface area contributed by atoms with Gasteiger partial charge in [0.1, 0.15) is 5.01 Å². The fourth-order valence-corrected chi connectivity index (χ4v) is 4.40. The highest BCUT2D eigenvalue weighted by atomic mass is 32.1. The van der Waals surface area contributed by atoms with Crippen LogP contribution in [0.1, 0.15) is 49.0 Å². The number of thiazole rings is 1. The number of nitrogens with zero attached hydrogens (tertiary/aromatic N) is 3. The first-order valence-corrected chi connectivity index (χ1v) is 9.97.